The Morgan fingerprint density at radius 3 is 2.39 bits per heavy atom. The monoisotopic (exact) mass is 276 g/mol. The van der Waals surface area contributed by atoms with Gasteiger partial charge in [-0.25, -0.2) is 9.59 Å². The maximum absolute atomic E-state index is 11.5. The third kappa shape index (κ3) is 9.15. The van der Waals surface area contributed by atoms with Crippen molar-refractivity contribution in [3.8, 4) is 0 Å². The maximum Gasteiger partial charge on any atom is 0.326 e. The first-order chi connectivity index (χ1) is 8.26. The van der Waals surface area contributed by atoms with Gasteiger partial charge in [-0.2, -0.15) is 11.8 Å². The van der Waals surface area contributed by atoms with E-state index in [1.165, 1.54) is 0 Å². The molecule has 18 heavy (non-hydrogen) atoms. The van der Waals surface area contributed by atoms with Crippen LogP contribution in [0.3, 0.4) is 0 Å². The Morgan fingerprint density at radius 1 is 1.33 bits per heavy atom. The quantitative estimate of drug-likeness (QED) is 0.664. The average molecular weight is 276 g/mol. The predicted molar refractivity (Wildman–Crippen MR) is 75.0 cm³/mol. The van der Waals surface area contributed by atoms with Gasteiger partial charge in [-0.15, -0.1) is 0 Å². The summed E-state index contributed by atoms with van der Waals surface area (Å²) in [7, 11) is 0. The van der Waals surface area contributed by atoms with Gasteiger partial charge in [0.05, 0.1) is 0 Å². The summed E-state index contributed by atoms with van der Waals surface area (Å²) in [6, 6.07) is -1.22. The third-order valence-corrected chi connectivity index (χ3v) is 3.02. The molecule has 0 unspecified atom stereocenters. The topological polar surface area (TPSA) is 78.4 Å². The van der Waals surface area contributed by atoms with Gasteiger partial charge in [-0.3, -0.25) is 0 Å². The molecule has 0 spiro atoms. The van der Waals surface area contributed by atoms with E-state index in [1.54, 1.807) is 11.8 Å². The van der Waals surface area contributed by atoms with Crippen LogP contribution in [-0.2, 0) is 4.79 Å². The van der Waals surface area contributed by atoms with Gasteiger partial charge in [0, 0.05) is 6.54 Å². The number of urea groups is 1. The van der Waals surface area contributed by atoms with Gasteiger partial charge in [0.2, 0.25) is 0 Å². The molecule has 6 heteroatoms. The van der Waals surface area contributed by atoms with Gasteiger partial charge < -0.3 is 15.7 Å². The molecule has 5 nitrogen and oxygen atoms in total. The number of hydrogen-bond acceptors (Lipinski definition) is 3. The largest absolute Gasteiger partial charge is 0.480 e. The standard InChI is InChI=1S/C12H24N2O3S/c1-12(2,3)6-7-13-11(17)14-9(10(15)16)5-8-18-4/h9H,5-8H2,1-4H3,(H,15,16)(H2,13,14,17)/t9-/m0/s1. The lowest BCUT2D eigenvalue weighted by molar-refractivity contribution is -0.139. The molecule has 1 atom stereocenters. The van der Waals surface area contributed by atoms with Gasteiger partial charge in [-0.1, -0.05) is 20.8 Å². The van der Waals surface area contributed by atoms with Crippen LogP contribution in [0.1, 0.15) is 33.6 Å². The zero-order valence-corrected chi connectivity index (χ0v) is 12.4. The molecule has 0 aliphatic carbocycles. The van der Waals surface area contributed by atoms with Crippen LogP contribution in [0.4, 0.5) is 4.79 Å². The number of carboxylic acid groups (broad SMARTS) is 1. The fraction of sp³-hybridized carbons (Fsp3) is 0.833. The molecule has 0 rings (SSSR count). The lowest BCUT2D eigenvalue weighted by Crippen LogP contribution is -2.46. The highest BCUT2D eigenvalue weighted by molar-refractivity contribution is 7.98. The summed E-state index contributed by atoms with van der Waals surface area (Å²) in [6.07, 6.45) is 3.19. The minimum atomic E-state index is -0.991. The van der Waals surface area contributed by atoms with E-state index in [0.717, 1.165) is 6.42 Å². The number of amides is 2. The van der Waals surface area contributed by atoms with Crippen molar-refractivity contribution in [3.05, 3.63) is 0 Å². The van der Waals surface area contributed by atoms with Crippen LogP contribution >= 0.6 is 11.8 Å². The lowest BCUT2D eigenvalue weighted by atomic mass is 9.92. The number of carbonyl (C=O) groups excluding carboxylic acids is 1. The number of rotatable bonds is 7. The smallest absolute Gasteiger partial charge is 0.326 e. The van der Waals surface area contributed by atoms with E-state index in [2.05, 4.69) is 31.4 Å². The van der Waals surface area contributed by atoms with Crippen LogP contribution < -0.4 is 10.6 Å². The van der Waals surface area contributed by atoms with Crippen molar-refractivity contribution in [1.29, 1.82) is 0 Å². The van der Waals surface area contributed by atoms with Crippen molar-refractivity contribution in [2.75, 3.05) is 18.6 Å². The Labute approximate surface area is 113 Å². The van der Waals surface area contributed by atoms with Crippen molar-refractivity contribution in [2.24, 2.45) is 5.41 Å². The molecule has 0 aromatic rings. The summed E-state index contributed by atoms with van der Waals surface area (Å²) in [5.41, 5.74) is 0.151. The zero-order valence-electron chi connectivity index (χ0n) is 11.6. The molecule has 0 saturated heterocycles. The van der Waals surface area contributed by atoms with Crippen LogP contribution in [0.2, 0.25) is 0 Å². The van der Waals surface area contributed by atoms with Gasteiger partial charge in [0.25, 0.3) is 0 Å². The molecule has 106 valence electrons. The van der Waals surface area contributed by atoms with E-state index >= 15 is 0 Å². The lowest BCUT2D eigenvalue weighted by Gasteiger charge is -2.19. The van der Waals surface area contributed by atoms with Crippen molar-refractivity contribution < 1.29 is 14.7 Å². The molecule has 0 aromatic heterocycles. The molecular weight excluding hydrogens is 252 g/mol. The van der Waals surface area contributed by atoms with Crippen LogP contribution in [-0.4, -0.2) is 41.7 Å². The summed E-state index contributed by atoms with van der Waals surface area (Å²) in [5.74, 6) is -0.283. The molecule has 0 radical (unpaired) electrons. The molecule has 0 aromatic carbocycles. The van der Waals surface area contributed by atoms with E-state index in [4.69, 9.17) is 5.11 Å². The Hall–Kier alpha value is -0.910. The first-order valence-electron chi connectivity index (χ1n) is 6.02. The van der Waals surface area contributed by atoms with E-state index in [-0.39, 0.29) is 5.41 Å². The Balaban J connectivity index is 3.99. The van der Waals surface area contributed by atoms with Crippen molar-refractivity contribution >= 4 is 23.8 Å². The van der Waals surface area contributed by atoms with E-state index in [1.807, 2.05) is 6.26 Å². The van der Waals surface area contributed by atoms with Crippen LogP contribution in [0.15, 0.2) is 0 Å². The number of aliphatic carboxylic acids is 1. The highest BCUT2D eigenvalue weighted by Crippen LogP contribution is 2.16. The molecule has 0 bridgehead atoms. The van der Waals surface area contributed by atoms with Crippen LogP contribution in [0.25, 0.3) is 0 Å². The number of hydrogen-bond donors (Lipinski definition) is 3. The third-order valence-electron chi connectivity index (χ3n) is 2.37. The number of nitrogens with one attached hydrogen (secondary N) is 2. The van der Waals surface area contributed by atoms with E-state index in [9.17, 15) is 9.59 Å². The fourth-order valence-electron chi connectivity index (χ4n) is 1.25. The SMILES string of the molecule is CSCC[C@H](NC(=O)NCCC(C)(C)C)C(=O)O. The molecule has 0 aliphatic rings. The second-order valence-electron chi connectivity index (χ2n) is 5.38. The molecule has 3 N–H and O–H groups in total. The Kier molecular flexibility index (Phi) is 7.82. The first-order valence-corrected chi connectivity index (χ1v) is 7.42. The maximum atomic E-state index is 11.5. The highest BCUT2D eigenvalue weighted by Gasteiger charge is 2.19. The van der Waals surface area contributed by atoms with Gasteiger partial charge in [0.1, 0.15) is 6.04 Å². The number of carbonyl (C=O) groups is 2. The predicted octanol–water partition coefficient (Wildman–Crippen LogP) is 1.93. The van der Waals surface area contributed by atoms with Gasteiger partial charge in [0.15, 0.2) is 0 Å². The van der Waals surface area contributed by atoms with Crippen molar-refractivity contribution in [3.63, 3.8) is 0 Å². The summed E-state index contributed by atoms with van der Waals surface area (Å²) in [5, 5.41) is 14.1. The fourth-order valence-corrected chi connectivity index (χ4v) is 1.72. The average Bonchev–Trinajstić information content (AvgIpc) is 2.21. The molecule has 0 fully saturated rings. The first kappa shape index (κ1) is 17.1. The Morgan fingerprint density at radius 2 is 1.94 bits per heavy atom. The van der Waals surface area contributed by atoms with E-state index in [0.29, 0.717) is 18.7 Å². The van der Waals surface area contributed by atoms with Crippen LogP contribution in [0.5, 0.6) is 0 Å². The van der Waals surface area contributed by atoms with Crippen molar-refractivity contribution in [2.45, 2.75) is 39.7 Å². The minimum absolute atomic E-state index is 0.151. The summed E-state index contributed by atoms with van der Waals surface area (Å²) in [6.45, 7) is 6.81. The number of carboxylic acids is 1. The highest BCUT2D eigenvalue weighted by atomic mass is 32.2. The summed E-state index contributed by atoms with van der Waals surface area (Å²) >= 11 is 1.56. The molecular formula is C12H24N2O3S. The van der Waals surface area contributed by atoms with E-state index < -0.39 is 18.0 Å². The summed E-state index contributed by atoms with van der Waals surface area (Å²) in [4.78, 5) is 22.4. The number of thioether (sulfide) groups is 1. The Bertz CT molecular complexity index is 277. The van der Waals surface area contributed by atoms with Crippen molar-refractivity contribution in [1.82, 2.24) is 10.6 Å². The molecule has 0 aliphatic heterocycles. The summed E-state index contributed by atoms with van der Waals surface area (Å²) < 4.78 is 0. The van der Waals surface area contributed by atoms with Gasteiger partial charge in [-0.05, 0) is 30.3 Å². The minimum Gasteiger partial charge on any atom is -0.480 e. The molecule has 0 saturated carbocycles. The van der Waals surface area contributed by atoms with Gasteiger partial charge >= 0.3 is 12.0 Å². The molecule has 0 heterocycles. The zero-order chi connectivity index (χ0) is 14.2. The normalized spacial score (nSPS) is 12.9. The molecule has 2 amide bonds. The second-order valence-corrected chi connectivity index (χ2v) is 6.37. The second kappa shape index (κ2) is 8.24. The van der Waals surface area contributed by atoms with Crippen LogP contribution in [0, 0.1) is 5.41 Å².